The van der Waals surface area contributed by atoms with Crippen LogP contribution in [0.2, 0.25) is 0 Å². The highest BCUT2D eigenvalue weighted by Gasteiger charge is 2.40. The van der Waals surface area contributed by atoms with Crippen LogP contribution in [0, 0.1) is 6.92 Å². The maximum absolute atomic E-state index is 10.3. The van der Waals surface area contributed by atoms with E-state index in [4.69, 9.17) is 0 Å². The zero-order chi connectivity index (χ0) is 35.2. The molecule has 7 rings (SSSR count). The molecule has 0 radical (unpaired) electrons. The predicted octanol–water partition coefficient (Wildman–Crippen LogP) is 4.58. The van der Waals surface area contributed by atoms with E-state index in [9.17, 15) is 9.90 Å². The van der Waals surface area contributed by atoms with Gasteiger partial charge in [0.05, 0.1) is 19.3 Å². The van der Waals surface area contributed by atoms with E-state index in [1.54, 1.807) is 25.1 Å². The number of hydrogen-bond acceptors (Lipinski definition) is 2. The molecule has 0 fully saturated rings. The molecule has 5 heteroatoms. The third-order valence-corrected chi connectivity index (χ3v) is 17.0. The van der Waals surface area contributed by atoms with Crippen LogP contribution < -0.4 is 49.3 Å². The Bertz CT molecular complexity index is 1730. The number of carboxylic acid groups (broad SMARTS) is 1. The quantitative estimate of drug-likeness (QED) is 0.226. The molecule has 0 saturated carbocycles. The minimum atomic E-state index is -1.53. The van der Waals surface area contributed by atoms with E-state index in [1.165, 1.54) is 37.9 Å². The van der Waals surface area contributed by atoms with Crippen LogP contribution in [0.4, 0.5) is 0 Å². The van der Waals surface area contributed by atoms with E-state index in [-0.39, 0.29) is 18.0 Å². The molecule has 0 aromatic heterocycles. The monoisotopic (exact) mass is 724 g/mol. The number of aromatic carboxylic acids is 1. The van der Waals surface area contributed by atoms with Crippen LogP contribution in [0.25, 0.3) is 0 Å². The zero-order valence-electron chi connectivity index (χ0n) is 29.2. The van der Waals surface area contributed by atoms with Crippen molar-refractivity contribution < 1.29 is 22.3 Å². The maximum atomic E-state index is 10.3. The normalized spacial score (nSPS) is 10.6. The van der Waals surface area contributed by atoms with Crippen molar-refractivity contribution in [3.05, 3.63) is 217 Å². The van der Waals surface area contributed by atoms with Gasteiger partial charge >= 0.3 is 0 Å². The Kier molecular flexibility index (Phi) is 14.5. The van der Waals surface area contributed by atoms with Crippen LogP contribution in [0.3, 0.4) is 0 Å². The smallest absolute Gasteiger partial charge is 0.109 e. The van der Waals surface area contributed by atoms with E-state index < -0.39 is 20.5 Å². The fourth-order valence-electron chi connectivity index (χ4n) is 6.05. The highest BCUT2D eigenvalue weighted by molar-refractivity contribution is 7.95. The zero-order valence-corrected chi connectivity index (χ0v) is 31.8. The van der Waals surface area contributed by atoms with E-state index in [0.29, 0.717) is 0 Å². The summed E-state index contributed by atoms with van der Waals surface area (Å²) in [6.45, 7) is 6.56. The standard InChI is InChI=1S/2C19H18P.C8H8O2.ClH/c2*1-20(17-11-5-2-6-12-17,18-13-7-3-8-14-18)19-15-9-4-10-16-19;1-6-4-2-3-5-7(6)8(9)10;/h2*2-16H,1H3;2-5H,1H3,(H,9,10);1H/q2*+1;;/p-2. The summed E-state index contributed by atoms with van der Waals surface area (Å²) in [5, 5.41) is 18.9. The van der Waals surface area contributed by atoms with Crippen LogP contribution >= 0.6 is 14.5 Å². The van der Waals surface area contributed by atoms with Crippen molar-refractivity contribution in [2.75, 3.05) is 13.3 Å². The molecule has 256 valence electrons. The number of aryl methyl sites for hydroxylation is 1. The van der Waals surface area contributed by atoms with Gasteiger partial charge in [-0.15, -0.1) is 0 Å². The van der Waals surface area contributed by atoms with Gasteiger partial charge in [-0.3, -0.25) is 0 Å². The molecule has 0 amide bonds. The fraction of sp³-hybridized carbons (Fsp3) is 0.0652. The molecule has 2 nitrogen and oxygen atoms in total. The van der Waals surface area contributed by atoms with Gasteiger partial charge < -0.3 is 22.3 Å². The van der Waals surface area contributed by atoms with Crippen LogP contribution in [-0.2, 0) is 0 Å². The second kappa shape index (κ2) is 19.0. The van der Waals surface area contributed by atoms with Crippen LogP contribution in [0.5, 0.6) is 0 Å². The van der Waals surface area contributed by atoms with Crippen molar-refractivity contribution in [2.24, 2.45) is 0 Å². The van der Waals surface area contributed by atoms with Crippen LogP contribution in [0.1, 0.15) is 15.9 Å². The first-order valence-electron chi connectivity index (χ1n) is 16.7. The first kappa shape index (κ1) is 39.0. The minimum absolute atomic E-state index is 0. The Morgan fingerprint density at radius 2 is 0.569 bits per heavy atom. The van der Waals surface area contributed by atoms with Crippen molar-refractivity contribution in [1.29, 1.82) is 0 Å². The molecule has 7 aromatic carbocycles. The molecule has 51 heavy (non-hydrogen) atoms. The molecular formula is C46H43ClO2P2. The summed E-state index contributed by atoms with van der Waals surface area (Å²) in [5.41, 5.74) is 1.00. The SMILES string of the molecule is C[P+](c1ccccc1)(c1ccccc1)c1ccccc1.C[P+](c1ccccc1)(c1ccccc1)c1ccccc1.Cc1ccccc1C(=O)[O-].[Cl-]. The van der Waals surface area contributed by atoms with Gasteiger partial charge in [-0.1, -0.05) is 133 Å². The molecule has 0 atom stereocenters. The van der Waals surface area contributed by atoms with Crippen molar-refractivity contribution >= 4 is 52.3 Å². The molecule has 0 N–H and O–H groups in total. The molecule has 0 bridgehead atoms. The summed E-state index contributed by atoms with van der Waals surface area (Å²) in [7, 11) is -3.05. The Morgan fingerprint density at radius 1 is 0.373 bits per heavy atom. The Balaban J connectivity index is 0.000000180. The van der Waals surface area contributed by atoms with E-state index in [0.717, 1.165) is 5.56 Å². The Hall–Kier alpha value is -4.84. The summed E-state index contributed by atoms with van der Waals surface area (Å²) in [6.07, 6.45) is 0. The minimum Gasteiger partial charge on any atom is -1.00 e. The number of carbonyl (C=O) groups excluding carboxylic acids is 1. The van der Waals surface area contributed by atoms with Crippen molar-refractivity contribution in [2.45, 2.75) is 6.92 Å². The lowest BCUT2D eigenvalue weighted by molar-refractivity contribution is -0.255. The summed E-state index contributed by atoms with van der Waals surface area (Å²) in [5.74, 6) is -1.11. The molecule has 0 aliphatic carbocycles. The van der Waals surface area contributed by atoms with Crippen molar-refractivity contribution in [3.8, 4) is 0 Å². The van der Waals surface area contributed by atoms with Gasteiger partial charge in [0.1, 0.15) is 46.4 Å². The first-order valence-corrected chi connectivity index (χ1v) is 21.2. The summed E-state index contributed by atoms with van der Waals surface area (Å²) in [6, 6.07) is 72.0. The number of halogens is 1. The fourth-order valence-corrected chi connectivity index (χ4v) is 12.5. The average molecular weight is 725 g/mol. The number of rotatable bonds is 7. The topological polar surface area (TPSA) is 40.1 Å². The molecule has 0 spiro atoms. The van der Waals surface area contributed by atoms with E-state index >= 15 is 0 Å². The third-order valence-electron chi connectivity index (χ3n) is 9.00. The number of carbonyl (C=O) groups is 1. The van der Waals surface area contributed by atoms with Gasteiger partial charge in [0.15, 0.2) is 0 Å². The van der Waals surface area contributed by atoms with Gasteiger partial charge in [0.25, 0.3) is 0 Å². The Morgan fingerprint density at radius 3 is 0.745 bits per heavy atom. The molecule has 0 aliphatic heterocycles. The lowest BCUT2D eigenvalue weighted by Crippen LogP contribution is -3.00. The van der Waals surface area contributed by atoms with Gasteiger partial charge in [0.2, 0.25) is 0 Å². The van der Waals surface area contributed by atoms with Crippen LogP contribution in [0.15, 0.2) is 206 Å². The van der Waals surface area contributed by atoms with Gasteiger partial charge in [-0.25, -0.2) is 0 Å². The highest BCUT2D eigenvalue weighted by atomic mass is 35.5. The highest BCUT2D eigenvalue weighted by Crippen LogP contribution is 2.52. The second-order valence-electron chi connectivity index (χ2n) is 12.1. The third kappa shape index (κ3) is 9.49. The predicted molar refractivity (Wildman–Crippen MR) is 218 cm³/mol. The van der Waals surface area contributed by atoms with Gasteiger partial charge in [0, 0.05) is 5.56 Å². The molecule has 0 saturated heterocycles. The lowest BCUT2D eigenvalue weighted by Gasteiger charge is -2.22. The van der Waals surface area contributed by atoms with Crippen molar-refractivity contribution in [3.63, 3.8) is 0 Å². The molecule has 7 aromatic rings. The number of hydrogen-bond donors (Lipinski definition) is 0. The van der Waals surface area contributed by atoms with Gasteiger partial charge in [-0.05, 0) is 85.3 Å². The van der Waals surface area contributed by atoms with E-state index in [2.05, 4.69) is 195 Å². The number of benzene rings is 7. The largest absolute Gasteiger partial charge is 1.00 e. The van der Waals surface area contributed by atoms with Gasteiger partial charge in [-0.2, -0.15) is 0 Å². The molecule has 0 heterocycles. The van der Waals surface area contributed by atoms with Crippen LogP contribution in [-0.4, -0.2) is 19.3 Å². The molecular weight excluding hydrogens is 682 g/mol. The second-order valence-corrected chi connectivity index (χ2v) is 19.3. The summed E-state index contributed by atoms with van der Waals surface area (Å²) >= 11 is 0. The van der Waals surface area contributed by atoms with Crippen molar-refractivity contribution in [1.82, 2.24) is 0 Å². The maximum Gasteiger partial charge on any atom is 0.109 e. The number of carboxylic acids is 1. The average Bonchev–Trinajstić information content (AvgIpc) is 3.20. The molecule has 0 aliphatic rings. The lowest BCUT2D eigenvalue weighted by atomic mass is 10.1. The summed E-state index contributed by atoms with van der Waals surface area (Å²) in [4.78, 5) is 10.3. The summed E-state index contributed by atoms with van der Waals surface area (Å²) < 4.78 is 0. The Labute approximate surface area is 311 Å². The first-order chi connectivity index (χ1) is 24.3. The molecule has 0 unspecified atom stereocenters. The van der Waals surface area contributed by atoms with E-state index in [1.807, 2.05) is 0 Å².